The molecule has 0 radical (unpaired) electrons. The first-order valence-corrected chi connectivity index (χ1v) is 10.3. The van der Waals surface area contributed by atoms with Gasteiger partial charge in [0, 0.05) is 12.1 Å². The van der Waals surface area contributed by atoms with Gasteiger partial charge in [-0.25, -0.2) is 0 Å². The lowest BCUT2D eigenvalue weighted by Gasteiger charge is -2.14. The second-order valence-corrected chi connectivity index (χ2v) is 7.95. The van der Waals surface area contributed by atoms with Crippen molar-refractivity contribution in [2.24, 2.45) is 0 Å². The van der Waals surface area contributed by atoms with E-state index in [9.17, 15) is 24.8 Å². The summed E-state index contributed by atoms with van der Waals surface area (Å²) >= 11 is 6.29. The van der Waals surface area contributed by atoms with E-state index in [1.165, 1.54) is 0 Å². The summed E-state index contributed by atoms with van der Waals surface area (Å²) < 4.78 is 5.59. The van der Waals surface area contributed by atoms with E-state index in [1.54, 1.807) is 30.3 Å². The molecule has 1 saturated heterocycles. The van der Waals surface area contributed by atoms with Gasteiger partial charge in [0.1, 0.15) is 22.4 Å². The Kier molecular flexibility index (Phi) is 6.88. The largest absolute Gasteiger partial charge is 0.506 e. The molecule has 1 aliphatic heterocycles. The lowest BCUT2D eigenvalue weighted by Crippen LogP contribution is -2.36. The third kappa shape index (κ3) is 5.38. The molecule has 0 atom stereocenters. The zero-order chi connectivity index (χ0) is 22.5. The number of non-ortho nitro benzene ring substituents is 1. The highest BCUT2D eigenvalue weighted by molar-refractivity contribution is 8.26. The van der Waals surface area contributed by atoms with Crippen LogP contribution in [0.15, 0.2) is 47.4 Å². The number of benzene rings is 2. The Morgan fingerprint density at radius 3 is 2.68 bits per heavy atom. The molecule has 2 aromatic carbocycles. The van der Waals surface area contributed by atoms with E-state index in [1.807, 2.05) is 6.92 Å². The molecule has 0 unspecified atom stereocenters. The zero-order valence-electron chi connectivity index (χ0n) is 16.2. The quantitative estimate of drug-likeness (QED) is 0.212. The maximum absolute atomic E-state index is 12.7. The Labute approximate surface area is 186 Å². The van der Waals surface area contributed by atoms with Gasteiger partial charge in [-0.3, -0.25) is 24.6 Å². The Balaban J connectivity index is 1.69. The number of nitro benzene ring substituents is 1. The maximum Gasteiger partial charge on any atom is 0.271 e. The number of carbonyl (C=O) groups is 2. The first kappa shape index (κ1) is 22.2. The van der Waals surface area contributed by atoms with Crippen molar-refractivity contribution < 1.29 is 24.4 Å². The number of amides is 2. The predicted molar refractivity (Wildman–Crippen MR) is 121 cm³/mol. The van der Waals surface area contributed by atoms with Crippen molar-refractivity contribution in [3.63, 3.8) is 0 Å². The second kappa shape index (κ2) is 9.58. The Morgan fingerprint density at radius 2 is 2.03 bits per heavy atom. The smallest absolute Gasteiger partial charge is 0.271 e. The molecule has 0 spiro atoms. The van der Waals surface area contributed by atoms with Crippen LogP contribution in [0.25, 0.3) is 6.08 Å². The third-order valence-corrected chi connectivity index (χ3v) is 5.51. The average Bonchev–Trinajstić information content (AvgIpc) is 2.98. The normalized spacial score (nSPS) is 14.7. The number of hydrogen-bond acceptors (Lipinski definition) is 8. The monoisotopic (exact) mass is 459 g/mol. The molecule has 11 heteroatoms. The van der Waals surface area contributed by atoms with Gasteiger partial charge in [-0.1, -0.05) is 36.1 Å². The Hall–Kier alpha value is -3.44. The van der Waals surface area contributed by atoms with Crippen LogP contribution >= 0.6 is 24.0 Å². The van der Waals surface area contributed by atoms with Crippen molar-refractivity contribution in [2.75, 3.05) is 18.5 Å². The second-order valence-electron chi connectivity index (χ2n) is 6.28. The lowest BCUT2D eigenvalue weighted by molar-refractivity contribution is -0.384. The minimum atomic E-state index is -0.658. The molecule has 0 aromatic heterocycles. The van der Waals surface area contributed by atoms with E-state index in [0.717, 1.165) is 40.4 Å². The number of nitro groups is 1. The molecular weight excluding hydrogens is 442 g/mol. The summed E-state index contributed by atoms with van der Waals surface area (Å²) in [6, 6.07) is 10.4. The first-order chi connectivity index (χ1) is 14.8. The molecule has 0 aliphatic carbocycles. The summed E-state index contributed by atoms with van der Waals surface area (Å²) in [6.45, 7) is 2.04. The average molecular weight is 460 g/mol. The summed E-state index contributed by atoms with van der Waals surface area (Å²) in [4.78, 5) is 36.8. The Bertz CT molecular complexity index is 1080. The molecule has 2 N–H and O–H groups in total. The van der Waals surface area contributed by atoms with Crippen molar-refractivity contribution in [3.8, 4) is 11.5 Å². The van der Waals surface area contributed by atoms with Gasteiger partial charge in [-0.2, -0.15) is 0 Å². The molecule has 3 rings (SSSR count). The number of nitrogens with one attached hydrogen (secondary N) is 1. The number of phenols is 1. The fourth-order valence-electron chi connectivity index (χ4n) is 2.69. The van der Waals surface area contributed by atoms with Crippen LogP contribution in [0, 0.1) is 10.1 Å². The van der Waals surface area contributed by atoms with E-state index in [0.29, 0.717) is 17.3 Å². The fraction of sp³-hybridized carbons (Fsp3) is 0.150. The van der Waals surface area contributed by atoms with Crippen LogP contribution in [0.3, 0.4) is 0 Å². The molecule has 2 aromatic rings. The highest BCUT2D eigenvalue weighted by Crippen LogP contribution is 2.33. The van der Waals surface area contributed by atoms with E-state index in [-0.39, 0.29) is 21.4 Å². The third-order valence-electron chi connectivity index (χ3n) is 4.13. The zero-order valence-corrected chi connectivity index (χ0v) is 17.9. The van der Waals surface area contributed by atoms with Crippen molar-refractivity contribution in [3.05, 3.63) is 63.0 Å². The Morgan fingerprint density at radius 1 is 1.32 bits per heavy atom. The van der Waals surface area contributed by atoms with Crippen LogP contribution in [0.2, 0.25) is 0 Å². The first-order valence-electron chi connectivity index (χ1n) is 9.04. The number of phenolic OH excluding ortho intramolecular Hbond substituents is 1. The predicted octanol–water partition coefficient (Wildman–Crippen LogP) is 3.54. The summed E-state index contributed by atoms with van der Waals surface area (Å²) in [6.07, 6.45) is 1.67. The van der Waals surface area contributed by atoms with Crippen LogP contribution < -0.4 is 10.1 Å². The lowest BCUT2D eigenvalue weighted by atomic mass is 10.2. The van der Waals surface area contributed by atoms with Crippen molar-refractivity contribution in [1.82, 2.24) is 4.90 Å². The molecule has 1 fully saturated rings. The van der Waals surface area contributed by atoms with E-state index >= 15 is 0 Å². The van der Waals surface area contributed by atoms with Gasteiger partial charge in [0.05, 0.1) is 22.1 Å². The highest BCUT2D eigenvalue weighted by Gasteiger charge is 2.33. The van der Waals surface area contributed by atoms with Crippen LogP contribution in [0.1, 0.15) is 12.5 Å². The molecule has 160 valence electrons. The molecule has 31 heavy (non-hydrogen) atoms. The molecule has 9 nitrogen and oxygen atoms in total. The number of hydrogen-bond donors (Lipinski definition) is 2. The van der Waals surface area contributed by atoms with Crippen LogP contribution in [-0.4, -0.2) is 44.2 Å². The molecule has 1 heterocycles. The van der Waals surface area contributed by atoms with Gasteiger partial charge >= 0.3 is 0 Å². The number of anilines is 1. The topological polar surface area (TPSA) is 122 Å². The van der Waals surface area contributed by atoms with E-state index in [2.05, 4.69) is 5.32 Å². The van der Waals surface area contributed by atoms with Gasteiger partial charge in [0.25, 0.3) is 11.6 Å². The summed E-state index contributed by atoms with van der Waals surface area (Å²) in [5.74, 6) is -0.704. The maximum atomic E-state index is 12.7. The molecular formula is C20H17N3O6S2. The summed E-state index contributed by atoms with van der Waals surface area (Å²) in [5, 5.41) is 23.1. The number of rotatable bonds is 7. The number of thioether (sulfide) groups is 1. The van der Waals surface area contributed by atoms with E-state index in [4.69, 9.17) is 17.0 Å². The van der Waals surface area contributed by atoms with Gasteiger partial charge < -0.3 is 15.2 Å². The molecule has 0 bridgehead atoms. The number of thiocarbonyl (C=S) groups is 1. The van der Waals surface area contributed by atoms with Gasteiger partial charge in [0.2, 0.25) is 5.91 Å². The molecule has 0 saturated carbocycles. The van der Waals surface area contributed by atoms with Gasteiger partial charge in [-0.15, -0.1) is 0 Å². The number of ether oxygens (including phenoxy) is 1. The van der Waals surface area contributed by atoms with Gasteiger partial charge in [-0.05, 0) is 36.8 Å². The van der Waals surface area contributed by atoms with Gasteiger partial charge in [0.15, 0.2) is 0 Å². The standard InChI is InChI=1S/C20H17N3O6S2/c1-2-29-14-6-3-12(4-7-14)9-17-19(26)22(20(30)31-17)11-18(25)21-15-10-13(23(27)28)5-8-16(15)24/h3-10,24H,2,11H2,1H3,(H,21,25). The highest BCUT2D eigenvalue weighted by atomic mass is 32.2. The molecule has 2 amide bonds. The summed E-state index contributed by atoms with van der Waals surface area (Å²) in [5.41, 5.74) is 0.349. The SMILES string of the molecule is CCOc1ccc(C=C2SC(=S)N(CC(=O)Nc3cc([N+](=O)[O-])ccc3O)C2=O)cc1. The van der Waals surface area contributed by atoms with Crippen molar-refractivity contribution >= 4 is 57.6 Å². The minimum Gasteiger partial charge on any atom is -0.506 e. The van der Waals surface area contributed by atoms with E-state index < -0.39 is 23.3 Å². The van der Waals surface area contributed by atoms with Crippen LogP contribution in [0.4, 0.5) is 11.4 Å². The number of carbonyl (C=O) groups excluding carboxylic acids is 2. The van der Waals surface area contributed by atoms with Crippen LogP contribution in [-0.2, 0) is 9.59 Å². The number of nitrogens with zero attached hydrogens (tertiary/aromatic N) is 2. The fourth-order valence-corrected chi connectivity index (χ4v) is 3.94. The summed E-state index contributed by atoms with van der Waals surface area (Å²) in [7, 11) is 0. The minimum absolute atomic E-state index is 0.130. The van der Waals surface area contributed by atoms with Crippen molar-refractivity contribution in [2.45, 2.75) is 6.92 Å². The van der Waals surface area contributed by atoms with Crippen molar-refractivity contribution in [1.29, 1.82) is 0 Å². The number of aromatic hydroxyl groups is 1. The molecule has 1 aliphatic rings. The van der Waals surface area contributed by atoms with Crippen LogP contribution in [0.5, 0.6) is 11.5 Å².